The van der Waals surface area contributed by atoms with Gasteiger partial charge in [-0.15, -0.1) is 0 Å². The first-order chi connectivity index (χ1) is 9.70. The topological polar surface area (TPSA) is 104 Å². The fraction of sp³-hybridized carbons (Fsp3) is 0.846. The van der Waals surface area contributed by atoms with E-state index in [0.29, 0.717) is 38.9 Å². The number of hydrogen-bond donors (Lipinski definition) is 2. The normalized spacial score (nSPS) is 19.1. The van der Waals surface area contributed by atoms with E-state index in [-0.39, 0.29) is 24.2 Å². The minimum absolute atomic E-state index is 0.0645. The van der Waals surface area contributed by atoms with Crippen molar-refractivity contribution in [1.29, 1.82) is 0 Å². The van der Waals surface area contributed by atoms with Crippen LogP contribution in [0.15, 0.2) is 0 Å². The monoisotopic (exact) mass is 320 g/mol. The summed E-state index contributed by atoms with van der Waals surface area (Å²) in [4.78, 5) is 22.5. The van der Waals surface area contributed by atoms with Crippen molar-refractivity contribution in [2.24, 2.45) is 11.8 Å². The second kappa shape index (κ2) is 7.74. The molecule has 0 aromatic heterocycles. The van der Waals surface area contributed by atoms with Gasteiger partial charge in [0.25, 0.3) is 0 Å². The molecule has 1 saturated heterocycles. The predicted molar refractivity (Wildman–Crippen MR) is 78.2 cm³/mol. The first-order valence-corrected chi connectivity index (χ1v) is 8.99. The molecule has 1 fully saturated rings. The van der Waals surface area contributed by atoms with Gasteiger partial charge in [-0.2, -0.15) is 0 Å². The van der Waals surface area contributed by atoms with Gasteiger partial charge in [0.1, 0.15) is 0 Å². The molecule has 1 unspecified atom stereocenters. The summed E-state index contributed by atoms with van der Waals surface area (Å²) in [5.74, 6) is -0.942. The summed E-state index contributed by atoms with van der Waals surface area (Å²) < 4.78 is 24.2. The summed E-state index contributed by atoms with van der Waals surface area (Å²) in [5.41, 5.74) is 0. The van der Waals surface area contributed by atoms with Crippen LogP contribution in [-0.4, -0.2) is 55.6 Å². The molecule has 21 heavy (non-hydrogen) atoms. The lowest BCUT2D eigenvalue weighted by Gasteiger charge is -2.29. The Labute approximate surface area is 125 Å². The van der Waals surface area contributed by atoms with Gasteiger partial charge in [0.2, 0.25) is 15.9 Å². The number of rotatable bonds is 7. The molecule has 0 aliphatic carbocycles. The van der Waals surface area contributed by atoms with E-state index < -0.39 is 16.0 Å². The Balaban J connectivity index is 2.30. The lowest BCUT2D eigenvalue weighted by Crippen LogP contribution is -2.43. The molecule has 2 N–H and O–H groups in total. The van der Waals surface area contributed by atoms with Crippen molar-refractivity contribution < 1.29 is 23.1 Å². The molecule has 1 atom stereocenters. The molecule has 1 aliphatic heterocycles. The molecule has 0 aromatic carbocycles. The molecular formula is C13H24N2O5S. The summed E-state index contributed by atoms with van der Waals surface area (Å²) in [5, 5.41) is 11.4. The minimum Gasteiger partial charge on any atom is -0.481 e. The number of carbonyl (C=O) groups excluding carboxylic acids is 1. The van der Waals surface area contributed by atoms with Gasteiger partial charge in [-0.25, -0.2) is 12.7 Å². The van der Waals surface area contributed by atoms with Crippen molar-refractivity contribution in [3.63, 3.8) is 0 Å². The molecule has 1 heterocycles. The Morgan fingerprint density at radius 3 is 2.38 bits per heavy atom. The molecule has 0 bridgehead atoms. The predicted octanol–water partition coefficient (Wildman–Crippen LogP) is 0.275. The molecule has 7 nitrogen and oxygen atoms in total. The van der Waals surface area contributed by atoms with Crippen LogP contribution >= 0.6 is 0 Å². The third-order valence-electron chi connectivity index (χ3n) is 3.77. The Morgan fingerprint density at radius 2 is 1.90 bits per heavy atom. The van der Waals surface area contributed by atoms with Crippen molar-refractivity contribution in [1.82, 2.24) is 9.62 Å². The van der Waals surface area contributed by atoms with Crippen LogP contribution < -0.4 is 5.32 Å². The fourth-order valence-corrected chi connectivity index (χ4v) is 3.21. The number of carboxylic acid groups (broad SMARTS) is 1. The Hall–Kier alpha value is -1.15. The Kier molecular flexibility index (Phi) is 6.60. The standard InChI is InChI=1S/C13H24N2O5S/c1-10(3-4-12(16)17)9-14-13(18)11-5-7-15(8-6-11)21(2,19)20/h10-11H,3-9H2,1-2H3,(H,14,18)(H,16,17). The summed E-state index contributed by atoms with van der Waals surface area (Å²) in [7, 11) is -3.17. The molecule has 0 saturated carbocycles. The Bertz CT molecular complexity index is 469. The first kappa shape index (κ1) is 17.9. The molecule has 0 spiro atoms. The van der Waals surface area contributed by atoms with Gasteiger partial charge in [0.05, 0.1) is 6.26 Å². The smallest absolute Gasteiger partial charge is 0.303 e. The highest BCUT2D eigenvalue weighted by Crippen LogP contribution is 2.19. The van der Waals surface area contributed by atoms with Gasteiger partial charge in [-0.1, -0.05) is 6.92 Å². The van der Waals surface area contributed by atoms with E-state index in [4.69, 9.17) is 5.11 Å². The van der Waals surface area contributed by atoms with E-state index in [9.17, 15) is 18.0 Å². The lowest BCUT2D eigenvalue weighted by molar-refractivity contribution is -0.137. The zero-order chi connectivity index (χ0) is 16.0. The van der Waals surface area contributed by atoms with Gasteiger partial charge in [-0.3, -0.25) is 9.59 Å². The van der Waals surface area contributed by atoms with E-state index in [0.717, 1.165) is 0 Å². The Morgan fingerprint density at radius 1 is 1.33 bits per heavy atom. The summed E-state index contributed by atoms with van der Waals surface area (Å²) in [6, 6.07) is 0. The molecule has 1 rings (SSSR count). The SMILES string of the molecule is CC(CCC(=O)O)CNC(=O)C1CCN(S(C)(=O)=O)CC1. The number of piperidine rings is 1. The van der Waals surface area contributed by atoms with E-state index in [2.05, 4.69) is 5.32 Å². The van der Waals surface area contributed by atoms with E-state index in [1.54, 1.807) is 0 Å². The largest absolute Gasteiger partial charge is 0.481 e. The number of amides is 1. The quantitative estimate of drug-likeness (QED) is 0.701. The van der Waals surface area contributed by atoms with Crippen molar-refractivity contribution in [3.8, 4) is 0 Å². The van der Waals surface area contributed by atoms with Crippen LogP contribution in [0, 0.1) is 11.8 Å². The molecule has 1 amide bonds. The number of carbonyl (C=O) groups is 2. The van der Waals surface area contributed by atoms with Crippen LogP contribution in [0.5, 0.6) is 0 Å². The molecule has 1 aliphatic rings. The zero-order valence-electron chi connectivity index (χ0n) is 12.5. The highest BCUT2D eigenvalue weighted by Gasteiger charge is 2.28. The molecule has 0 aromatic rings. The summed E-state index contributed by atoms with van der Waals surface area (Å²) in [6.07, 6.45) is 2.87. The van der Waals surface area contributed by atoms with Crippen LogP contribution in [0.25, 0.3) is 0 Å². The van der Waals surface area contributed by atoms with Gasteiger partial charge in [0.15, 0.2) is 0 Å². The van der Waals surface area contributed by atoms with E-state index in [1.165, 1.54) is 10.6 Å². The third kappa shape index (κ3) is 6.43. The molecular weight excluding hydrogens is 296 g/mol. The number of carboxylic acids is 1. The highest BCUT2D eigenvalue weighted by atomic mass is 32.2. The van der Waals surface area contributed by atoms with Crippen LogP contribution in [0.1, 0.15) is 32.6 Å². The van der Waals surface area contributed by atoms with Gasteiger partial charge >= 0.3 is 5.97 Å². The van der Waals surface area contributed by atoms with Gasteiger partial charge < -0.3 is 10.4 Å². The number of hydrogen-bond acceptors (Lipinski definition) is 4. The van der Waals surface area contributed by atoms with Gasteiger partial charge in [-0.05, 0) is 25.2 Å². The van der Waals surface area contributed by atoms with Crippen LogP contribution in [0.4, 0.5) is 0 Å². The minimum atomic E-state index is -3.17. The van der Waals surface area contributed by atoms with Crippen LogP contribution in [0.2, 0.25) is 0 Å². The average Bonchev–Trinajstić information content (AvgIpc) is 2.41. The van der Waals surface area contributed by atoms with Gasteiger partial charge in [0, 0.05) is 32.0 Å². The van der Waals surface area contributed by atoms with Crippen molar-refractivity contribution in [2.75, 3.05) is 25.9 Å². The number of nitrogens with zero attached hydrogens (tertiary/aromatic N) is 1. The third-order valence-corrected chi connectivity index (χ3v) is 5.07. The maximum absolute atomic E-state index is 12.0. The van der Waals surface area contributed by atoms with Crippen LogP contribution in [0.3, 0.4) is 0 Å². The maximum Gasteiger partial charge on any atom is 0.303 e. The first-order valence-electron chi connectivity index (χ1n) is 7.14. The average molecular weight is 320 g/mol. The lowest BCUT2D eigenvalue weighted by atomic mass is 9.96. The molecule has 0 radical (unpaired) electrons. The second-order valence-corrected chi connectivity index (χ2v) is 7.70. The molecule has 122 valence electrons. The summed E-state index contributed by atoms with van der Waals surface area (Å²) >= 11 is 0. The zero-order valence-corrected chi connectivity index (χ0v) is 13.4. The number of sulfonamides is 1. The van der Waals surface area contributed by atoms with Crippen molar-refractivity contribution in [3.05, 3.63) is 0 Å². The highest BCUT2D eigenvalue weighted by molar-refractivity contribution is 7.88. The summed E-state index contributed by atoms with van der Waals surface area (Å²) in [6.45, 7) is 3.12. The maximum atomic E-state index is 12.0. The number of aliphatic carboxylic acids is 1. The van der Waals surface area contributed by atoms with Crippen LogP contribution in [-0.2, 0) is 19.6 Å². The fourth-order valence-electron chi connectivity index (χ4n) is 2.34. The second-order valence-electron chi connectivity index (χ2n) is 5.72. The van der Waals surface area contributed by atoms with E-state index in [1.807, 2.05) is 6.92 Å². The number of nitrogens with one attached hydrogen (secondary N) is 1. The van der Waals surface area contributed by atoms with E-state index >= 15 is 0 Å². The van der Waals surface area contributed by atoms with Crippen molar-refractivity contribution in [2.45, 2.75) is 32.6 Å². The molecule has 8 heteroatoms. The van der Waals surface area contributed by atoms with Crippen molar-refractivity contribution >= 4 is 21.9 Å².